The highest BCUT2D eigenvalue weighted by atomic mass is 79.9. The van der Waals surface area contributed by atoms with E-state index in [0.29, 0.717) is 12.3 Å². The molecule has 0 heterocycles. The zero-order valence-corrected chi connectivity index (χ0v) is 13.1. The van der Waals surface area contributed by atoms with Crippen LogP contribution in [0.15, 0.2) is 53.0 Å². The van der Waals surface area contributed by atoms with Crippen LogP contribution in [0.5, 0.6) is 0 Å². The van der Waals surface area contributed by atoms with Gasteiger partial charge in [-0.25, -0.2) is 0 Å². The van der Waals surface area contributed by atoms with Crippen molar-refractivity contribution in [1.82, 2.24) is 0 Å². The maximum Gasteiger partial charge on any atom is 0.0879 e. The summed E-state index contributed by atoms with van der Waals surface area (Å²) in [5.74, 6) is 0.443. The third-order valence-electron chi connectivity index (χ3n) is 3.27. The quantitative estimate of drug-likeness (QED) is 0.781. The number of aliphatic hydroxyl groups is 1. The first kappa shape index (κ1) is 14.6. The monoisotopic (exact) mass is 338 g/mol. The fraction of sp³-hybridized carbons (Fsp3) is 0.250. The van der Waals surface area contributed by atoms with Crippen LogP contribution in [0.25, 0.3) is 11.1 Å². The Morgan fingerprint density at radius 3 is 2.32 bits per heavy atom. The molecule has 0 spiro atoms. The topological polar surface area (TPSA) is 20.2 Å². The van der Waals surface area contributed by atoms with Crippen LogP contribution >= 0.6 is 27.5 Å². The summed E-state index contributed by atoms with van der Waals surface area (Å²) in [6.45, 7) is 1.79. The molecule has 1 N–H and O–H groups in total. The average molecular weight is 340 g/mol. The lowest BCUT2D eigenvalue weighted by Crippen LogP contribution is -2.21. The van der Waals surface area contributed by atoms with Gasteiger partial charge < -0.3 is 5.11 Å². The van der Waals surface area contributed by atoms with E-state index in [1.165, 1.54) is 0 Å². The Balaban J connectivity index is 2.31. The summed E-state index contributed by atoms with van der Waals surface area (Å²) in [6, 6.07) is 16.1. The van der Waals surface area contributed by atoms with Gasteiger partial charge in [0.25, 0.3) is 0 Å². The molecule has 0 saturated carbocycles. The Kier molecular flexibility index (Phi) is 4.67. The van der Waals surface area contributed by atoms with Crippen LogP contribution in [0.1, 0.15) is 18.9 Å². The first-order chi connectivity index (χ1) is 9.04. The lowest BCUT2D eigenvalue weighted by Gasteiger charge is -2.23. The lowest BCUT2D eigenvalue weighted by atomic mass is 9.92. The van der Waals surface area contributed by atoms with E-state index >= 15 is 0 Å². The van der Waals surface area contributed by atoms with Gasteiger partial charge in [-0.2, -0.15) is 0 Å². The molecule has 1 unspecified atom stereocenters. The molecule has 1 atom stereocenters. The van der Waals surface area contributed by atoms with Gasteiger partial charge in [0.1, 0.15) is 0 Å². The summed E-state index contributed by atoms with van der Waals surface area (Å²) in [5, 5.41) is 10.3. The Morgan fingerprint density at radius 2 is 1.74 bits per heavy atom. The van der Waals surface area contributed by atoms with Crippen molar-refractivity contribution in [3.05, 3.63) is 58.6 Å². The maximum atomic E-state index is 10.3. The van der Waals surface area contributed by atoms with Gasteiger partial charge in [-0.1, -0.05) is 58.4 Å². The highest BCUT2D eigenvalue weighted by Crippen LogP contribution is 2.31. The van der Waals surface area contributed by atoms with Crippen LogP contribution in [0, 0.1) is 0 Å². The Morgan fingerprint density at radius 1 is 1.11 bits per heavy atom. The minimum atomic E-state index is -0.867. The maximum absolute atomic E-state index is 10.3. The van der Waals surface area contributed by atoms with E-state index in [1.54, 1.807) is 6.92 Å². The molecule has 2 rings (SSSR count). The molecule has 0 radical (unpaired) electrons. The molecule has 2 aromatic carbocycles. The fourth-order valence-corrected chi connectivity index (χ4v) is 2.91. The molecule has 0 aliphatic heterocycles. The largest absolute Gasteiger partial charge is 0.385 e. The first-order valence-corrected chi connectivity index (χ1v) is 7.51. The van der Waals surface area contributed by atoms with Gasteiger partial charge in [-0.05, 0) is 36.1 Å². The molecule has 3 heteroatoms. The summed E-state index contributed by atoms with van der Waals surface area (Å²) < 4.78 is 1.07. The zero-order valence-electron chi connectivity index (χ0n) is 10.7. The second-order valence-corrected chi connectivity index (χ2v) is 6.00. The van der Waals surface area contributed by atoms with E-state index in [2.05, 4.69) is 22.0 Å². The molecule has 0 saturated heterocycles. The Labute approximate surface area is 127 Å². The van der Waals surface area contributed by atoms with Crippen LogP contribution in [-0.2, 0) is 5.60 Å². The molecule has 1 nitrogen and oxygen atoms in total. The second kappa shape index (κ2) is 6.08. The smallest absolute Gasteiger partial charge is 0.0879 e. The summed E-state index contributed by atoms with van der Waals surface area (Å²) in [5.41, 5.74) is 2.29. The summed E-state index contributed by atoms with van der Waals surface area (Å²) in [4.78, 5) is 0. The van der Waals surface area contributed by atoms with E-state index in [-0.39, 0.29) is 0 Å². The lowest BCUT2D eigenvalue weighted by molar-refractivity contribution is 0.0540. The fourth-order valence-electron chi connectivity index (χ4n) is 2.03. The molecule has 0 amide bonds. The average Bonchev–Trinajstić information content (AvgIpc) is 2.39. The SMILES string of the molecule is CC(O)(CCCl)c1ccc(-c2ccccc2Br)cc1. The van der Waals surface area contributed by atoms with Crippen molar-refractivity contribution in [1.29, 1.82) is 0 Å². The molecule has 0 aliphatic carbocycles. The number of hydrogen-bond acceptors (Lipinski definition) is 1. The van der Waals surface area contributed by atoms with Crippen LogP contribution in [0.3, 0.4) is 0 Å². The zero-order chi connectivity index (χ0) is 13.9. The van der Waals surface area contributed by atoms with Crippen molar-refractivity contribution in [2.45, 2.75) is 18.9 Å². The van der Waals surface area contributed by atoms with Gasteiger partial charge >= 0.3 is 0 Å². The van der Waals surface area contributed by atoms with Crippen molar-refractivity contribution in [2.24, 2.45) is 0 Å². The predicted molar refractivity (Wildman–Crippen MR) is 84.5 cm³/mol. The van der Waals surface area contributed by atoms with Crippen molar-refractivity contribution in [3.8, 4) is 11.1 Å². The second-order valence-electron chi connectivity index (χ2n) is 4.77. The van der Waals surface area contributed by atoms with Crippen molar-refractivity contribution < 1.29 is 5.11 Å². The van der Waals surface area contributed by atoms with Crippen molar-refractivity contribution >= 4 is 27.5 Å². The predicted octanol–water partition coefficient (Wildman–Crippen LogP) is 4.95. The van der Waals surface area contributed by atoms with Crippen molar-refractivity contribution in [2.75, 3.05) is 5.88 Å². The normalized spacial score (nSPS) is 14.1. The highest BCUT2D eigenvalue weighted by molar-refractivity contribution is 9.10. The van der Waals surface area contributed by atoms with Gasteiger partial charge in [0.05, 0.1) is 5.60 Å². The molecule has 2 aromatic rings. The minimum absolute atomic E-state index is 0.443. The number of rotatable bonds is 4. The van der Waals surface area contributed by atoms with Crippen LogP contribution in [0.4, 0.5) is 0 Å². The third-order valence-corrected chi connectivity index (χ3v) is 4.15. The minimum Gasteiger partial charge on any atom is -0.385 e. The van der Waals surface area contributed by atoms with E-state index in [1.807, 2.05) is 42.5 Å². The highest BCUT2D eigenvalue weighted by Gasteiger charge is 2.21. The third kappa shape index (κ3) is 3.38. The van der Waals surface area contributed by atoms with E-state index in [0.717, 1.165) is 21.2 Å². The van der Waals surface area contributed by atoms with Crippen LogP contribution < -0.4 is 0 Å². The number of hydrogen-bond donors (Lipinski definition) is 1. The molecular formula is C16H16BrClO. The molecule has 100 valence electrons. The number of alkyl halides is 1. The van der Waals surface area contributed by atoms with Crippen molar-refractivity contribution in [3.63, 3.8) is 0 Å². The molecular weight excluding hydrogens is 324 g/mol. The van der Waals surface area contributed by atoms with Crippen LogP contribution in [-0.4, -0.2) is 11.0 Å². The Bertz CT molecular complexity index is 549. The van der Waals surface area contributed by atoms with Gasteiger partial charge in [-0.3, -0.25) is 0 Å². The summed E-state index contributed by atoms with van der Waals surface area (Å²) in [6.07, 6.45) is 0.545. The molecule has 0 fully saturated rings. The Hall–Kier alpha value is -0.830. The molecule has 19 heavy (non-hydrogen) atoms. The van der Waals surface area contributed by atoms with Crippen LogP contribution in [0.2, 0.25) is 0 Å². The van der Waals surface area contributed by atoms with E-state index < -0.39 is 5.60 Å². The van der Waals surface area contributed by atoms with Gasteiger partial charge in [0.15, 0.2) is 0 Å². The molecule has 0 aromatic heterocycles. The summed E-state index contributed by atoms with van der Waals surface area (Å²) in [7, 11) is 0. The molecule has 0 aliphatic rings. The number of benzene rings is 2. The van der Waals surface area contributed by atoms with E-state index in [4.69, 9.17) is 11.6 Å². The van der Waals surface area contributed by atoms with Gasteiger partial charge in [-0.15, -0.1) is 11.6 Å². The first-order valence-electron chi connectivity index (χ1n) is 6.18. The standard InChI is InChI=1S/C16H16BrClO/c1-16(19,10-11-18)13-8-6-12(7-9-13)14-4-2-3-5-15(14)17/h2-9,19H,10-11H2,1H3. The van der Waals surface area contributed by atoms with E-state index in [9.17, 15) is 5.11 Å². The summed E-state index contributed by atoms with van der Waals surface area (Å²) >= 11 is 9.27. The van der Waals surface area contributed by atoms with Gasteiger partial charge in [0, 0.05) is 10.4 Å². The number of halogens is 2. The molecule has 0 bridgehead atoms. The van der Waals surface area contributed by atoms with Gasteiger partial charge in [0.2, 0.25) is 0 Å².